The SMILES string of the molecule is COc1ccc(C(C)=O)c(C23CCN(C)C(C)C2(O)CCC(C(=O)NC(N)=O)C3)c1. The molecule has 1 aromatic carbocycles. The summed E-state index contributed by atoms with van der Waals surface area (Å²) in [6, 6.07) is 4.19. The van der Waals surface area contributed by atoms with Gasteiger partial charge in [-0.3, -0.25) is 14.9 Å². The summed E-state index contributed by atoms with van der Waals surface area (Å²) in [5, 5.41) is 14.3. The number of urea groups is 1. The molecule has 1 saturated carbocycles. The number of benzene rings is 1. The number of primary amides is 1. The molecule has 1 heterocycles. The number of nitrogens with one attached hydrogen (secondary N) is 1. The van der Waals surface area contributed by atoms with Crippen molar-refractivity contribution in [2.75, 3.05) is 20.7 Å². The Morgan fingerprint density at radius 2 is 2.00 bits per heavy atom. The van der Waals surface area contributed by atoms with Gasteiger partial charge in [0.05, 0.1) is 12.7 Å². The zero-order chi connectivity index (χ0) is 22.3. The summed E-state index contributed by atoms with van der Waals surface area (Å²) in [4.78, 5) is 38.5. The van der Waals surface area contributed by atoms with Crippen LogP contribution in [0.1, 0.15) is 55.5 Å². The average molecular weight is 418 g/mol. The quantitative estimate of drug-likeness (QED) is 0.640. The first-order valence-corrected chi connectivity index (χ1v) is 10.3. The molecule has 1 aromatic rings. The zero-order valence-electron chi connectivity index (χ0n) is 18.0. The van der Waals surface area contributed by atoms with E-state index < -0.39 is 28.9 Å². The van der Waals surface area contributed by atoms with Crippen molar-refractivity contribution < 1.29 is 24.2 Å². The summed E-state index contributed by atoms with van der Waals surface area (Å²) in [6.07, 6.45) is 1.67. The van der Waals surface area contributed by atoms with E-state index in [0.717, 1.165) is 0 Å². The lowest BCUT2D eigenvalue weighted by Gasteiger charge is -2.60. The van der Waals surface area contributed by atoms with Crippen LogP contribution in [0, 0.1) is 5.92 Å². The number of aliphatic hydroxyl groups is 1. The summed E-state index contributed by atoms with van der Waals surface area (Å²) in [7, 11) is 3.52. The molecular weight excluding hydrogens is 386 g/mol. The van der Waals surface area contributed by atoms with Crippen molar-refractivity contribution in [3.63, 3.8) is 0 Å². The second kappa shape index (κ2) is 8.00. The minimum atomic E-state index is -1.15. The van der Waals surface area contributed by atoms with E-state index in [4.69, 9.17) is 10.5 Å². The molecule has 0 spiro atoms. The highest BCUT2D eigenvalue weighted by Crippen LogP contribution is 2.56. The Bertz CT molecular complexity index is 872. The molecule has 8 heteroatoms. The molecule has 0 aromatic heterocycles. The van der Waals surface area contributed by atoms with E-state index in [9.17, 15) is 19.5 Å². The van der Waals surface area contributed by atoms with Crippen molar-refractivity contribution in [1.29, 1.82) is 0 Å². The first-order chi connectivity index (χ1) is 14.1. The summed E-state index contributed by atoms with van der Waals surface area (Å²) in [5.41, 5.74) is 4.38. The number of nitrogens with zero attached hydrogens (tertiary/aromatic N) is 1. The summed E-state index contributed by atoms with van der Waals surface area (Å²) in [5.74, 6) is -0.469. The van der Waals surface area contributed by atoms with Gasteiger partial charge in [0.2, 0.25) is 5.91 Å². The molecule has 0 bridgehead atoms. The number of imide groups is 1. The van der Waals surface area contributed by atoms with Crippen LogP contribution < -0.4 is 15.8 Å². The summed E-state index contributed by atoms with van der Waals surface area (Å²) in [6.45, 7) is 4.17. The number of likely N-dealkylation sites (N-methyl/N-ethyl adjacent to an activating group) is 1. The number of methoxy groups -OCH3 is 1. The average Bonchev–Trinajstić information content (AvgIpc) is 2.70. The molecule has 3 amide bonds. The lowest BCUT2D eigenvalue weighted by molar-refractivity contribution is -0.162. The number of nitrogens with two attached hydrogens (primary N) is 1. The Balaban J connectivity index is 2.19. The lowest BCUT2D eigenvalue weighted by Crippen LogP contribution is -2.69. The topological polar surface area (TPSA) is 122 Å². The van der Waals surface area contributed by atoms with Gasteiger partial charge < -0.3 is 20.5 Å². The minimum absolute atomic E-state index is 0.111. The van der Waals surface area contributed by atoms with Crippen LogP contribution in [0.15, 0.2) is 18.2 Å². The maximum atomic E-state index is 12.7. The molecule has 0 radical (unpaired) electrons. The fraction of sp³-hybridized carbons (Fsp3) is 0.591. The molecule has 3 rings (SSSR count). The number of rotatable bonds is 4. The minimum Gasteiger partial charge on any atom is -0.497 e. The largest absolute Gasteiger partial charge is 0.497 e. The van der Waals surface area contributed by atoms with Crippen LogP contribution in [0.5, 0.6) is 5.75 Å². The van der Waals surface area contributed by atoms with Crippen LogP contribution in [-0.4, -0.2) is 60.1 Å². The highest BCUT2D eigenvalue weighted by molar-refractivity contribution is 5.97. The van der Waals surface area contributed by atoms with Gasteiger partial charge in [-0.1, -0.05) is 0 Å². The van der Waals surface area contributed by atoms with Crippen LogP contribution in [0.2, 0.25) is 0 Å². The van der Waals surface area contributed by atoms with Crippen LogP contribution >= 0.6 is 0 Å². The second-order valence-corrected chi connectivity index (χ2v) is 8.67. The Morgan fingerprint density at radius 3 is 2.60 bits per heavy atom. The molecule has 4 atom stereocenters. The van der Waals surface area contributed by atoms with E-state index in [0.29, 0.717) is 49.1 Å². The number of carbonyl (C=O) groups excluding carboxylic acids is 3. The van der Waals surface area contributed by atoms with Crippen molar-refractivity contribution >= 4 is 17.7 Å². The molecule has 8 nitrogen and oxygen atoms in total. The van der Waals surface area contributed by atoms with Crippen LogP contribution in [0.4, 0.5) is 4.79 Å². The number of amides is 3. The number of hydrogen-bond donors (Lipinski definition) is 3. The molecule has 2 fully saturated rings. The third-order valence-electron chi connectivity index (χ3n) is 7.28. The number of fused-ring (bicyclic) bond motifs is 1. The van der Waals surface area contributed by atoms with Gasteiger partial charge in [-0.2, -0.15) is 0 Å². The molecule has 2 aliphatic rings. The summed E-state index contributed by atoms with van der Waals surface area (Å²) < 4.78 is 5.42. The number of piperidine rings is 1. The van der Waals surface area contributed by atoms with Gasteiger partial charge in [0.1, 0.15) is 5.75 Å². The van der Waals surface area contributed by atoms with Gasteiger partial charge in [0, 0.05) is 22.9 Å². The molecule has 4 unspecified atom stereocenters. The van der Waals surface area contributed by atoms with Crippen molar-refractivity contribution in [2.24, 2.45) is 11.7 Å². The number of ether oxygens (including phenoxy) is 1. The number of Topliss-reactive ketones (excluding diaryl/α,β-unsaturated/α-hetero) is 1. The molecule has 164 valence electrons. The first kappa shape index (κ1) is 22.2. The number of hydrogen-bond acceptors (Lipinski definition) is 6. The third-order valence-corrected chi connectivity index (χ3v) is 7.28. The molecule has 1 saturated heterocycles. The van der Waals surface area contributed by atoms with Crippen LogP contribution in [0.3, 0.4) is 0 Å². The van der Waals surface area contributed by atoms with E-state index >= 15 is 0 Å². The molecule has 30 heavy (non-hydrogen) atoms. The third kappa shape index (κ3) is 3.48. The van der Waals surface area contributed by atoms with E-state index in [1.807, 2.05) is 20.0 Å². The smallest absolute Gasteiger partial charge is 0.318 e. The van der Waals surface area contributed by atoms with E-state index in [1.165, 1.54) is 6.92 Å². The number of carbonyl (C=O) groups is 3. The predicted molar refractivity (Wildman–Crippen MR) is 111 cm³/mol. The molecule has 4 N–H and O–H groups in total. The predicted octanol–water partition coefficient (Wildman–Crippen LogP) is 1.59. The standard InChI is InChI=1S/C22H31N3O5/c1-13(26)17-6-5-16(30-4)11-18(17)21-9-10-25(3)14(2)22(21,29)8-7-15(12-21)19(27)24-20(23)28/h5-6,11,14-15,29H,7-10,12H2,1-4H3,(H3,23,24,27,28). The second-order valence-electron chi connectivity index (χ2n) is 8.67. The number of ketones is 1. The molecule has 1 aliphatic heterocycles. The van der Waals surface area contributed by atoms with Crippen molar-refractivity contribution in [3.8, 4) is 5.75 Å². The molecule has 1 aliphatic carbocycles. The lowest BCUT2D eigenvalue weighted by atomic mass is 9.51. The number of likely N-dealkylation sites (tertiary alicyclic amines) is 1. The Labute approximate surface area is 176 Å². The first-order valence-electron chi connectivity index (χ1n) is 10.3. The normalized spacial score (nSPS) is 31.5. The molecular formula is C22H31N3O5. The highest BCUT2D eigenvalue weighted by Gasteiger charge is 2.61. The van der Waals surface area contributed by atoms with Gasteiger partial charge in [0.15, 0.2) is 5.78 Å². The van der Waals surface area contributed by atoms with Crippen LogP contribution in [-0.2, 0) is 10.2 Å². The Morgan fingerprint density at radius 1 is 1.30 bits per heavy atom. The van der Waals surface area contributed by atoms with Crippen molar-refractivity contribution in [1.82, 2.24) is 10.2 Å². The van der Waals surface area contributed by atoms with Crippen molar-refractivity contribution in [2.45, 2.75) is 56.6 Å². The Hall–Kier alpha value is -2.45. The van der Waals surface area contributed by atoms with E-state index in [2.05, 4.69) is 10.2 Å². The van der Waals surface area contributed by atoms with Gasteiger partial charge in [-0.15, -0.1) is 0 Å². The van der Waals surface area contributed by atoms with Gasteiger partial charge in [0.25, 0.3) is 0 Å². The fourth-order valence-corrected chi connectivity index (χ4v) is 5.46. The van der Waals surface area contributed by atoms with Gasteiger partial charge in [-0.25, -0.2) is 4.79 Å². The highest BCUT2D eigenvalue weighted by atomic mass is 16.5. The van der Waals surface area contributed by atoms with Crippen LogP contribution in [0.25, 0.3) is 0 Å². The van der Waals surface area contributed by atoms with E-state index in [-0.39, 0.29) is 11.8 Å². The maximum absolute atomic E-state index is 12.7. The maximum Gasteiger partial charge on any atom is 0.318 e. The summed E-state index contributed by atoms with van der Waals surface area (Å²) >= 11 is 0. The monoisotopic (exact) mass is 417 g/mol. The van der Waals surface area contributed by atoms with Gasteiger partial charge >= 0.3 is 6.03 Å². The Kier molecular flexibility index (Phi) is 5.93. The van der Waals surface area contributed by atoms with E-state index in [1.54, 1.807) is 19.2 Å². The zero-order valence-corrected chi connectivity index (χ0v) is 18.0. The van der Waals surface area contributed by atoms with Crippen molar-refractivity contribution in [3.05, 3.63) is 29.3 Å². The van der Waals surface area contributed by atoms with Gasteiger partial charge in [-0.05, 0) is 76.9 Å². The fourth-order valence-electron chi connectivity index (χ4n) is 5.46.